The van der Waals surface area contributed by atoms with Gasteiger partial charge in [-0.1, -0.05) is 41.1 Å². The van der Waals surface area contributed by atoms with Crippen LogP contribution in [0.3, 0.4) is 0 Å². The fourth-order valence-electron chi connectivity index (χ4n) is 11.8. The molecule has 0 fully saturated rings. The van der Waals surface area contributed by atoms with Gasteiger partial charge in [-0.05, 0) is 164 Å². The van der Waals surface area contributed by atoms with E-state index in [4.69, 9.17) is 31.7 Å². The number of anilines is 3. The summed E-state index contributed by atoms with van der Waals surface area (Å²) in [6.45, 7) is 5.53. The Balaban J connectivity index is 0.000000156. The van der Waals surface area contributed by atoms with Gasteiger partial charge in [-0.3, -0.25) is 0 Å². The third kappa shape index (κ3) is 13.2. The molecule has 0 saturated carbocycles. The predicted octanol–water partition coefficient (Wildman–Crippen LogP) is 12.0. The van der Waals surface area contributed by atoms with E-state index in [0.29, 0.717) is 72.4 Å². The van der Waals surface area contributed by atoms with E-state index in [-0.39, 0.29) is 59.7 Å². The van der Waals surface area contributed by atoms with Gasteiger partial charge in [-0.25, -0.2) is 58.0 Å². The highest BCUT2D eigenvalue weighted by atomic mass is 19.1. The lowest BCUT2D eigenvalue weighted by Gasteiger charge is -2.27. The van der Waals surface area contributed by atoms with Crippen LogP contribution in [-0.2, 0) is 33.8 Å². The molecule has 6 aromatic heterocycles. The highest BCUT2D eigenvalue weighted by Gasteiger charge is 2.34. The molecule has 3 aromatic carbocycles. The highest BCUT2D eigenvalue weighted by Crippen LogP contribution is 2.43. The van der Waals surface area contributed by atoms with Crippen LogP contribution in [0.25, 0.3) is 33.4 Å². The number of rotatable bonds is 9. The molecule has 0 bridgehead atoms. The number of benzene rings is 3. The highest BCUT2D eigenvalue weighted by molar-refractivity contribution is 6.05. The number of pyridine rings is 3. The summed E-state index contributed by atoms with van der Waals surface area (Å²) in [6.07, 6.45) is 7.21. The van der Waals surface area contributed by atoms with Gasteiger partial charge < -0.3 is 31.7 Å². The first-order valence-corrected chi connectivity index (χ1v) is 27.3. The number of nitrogens with two attached hydrogens (primary N) is 3. The number of halogens is 6. The second-order valence-corrected chi connectivity index (χ2v) is 20.7. The average molecular weight is 1200 g/mol. The van der Waals surface area contributed by atoms with Crippen LogP contribution in [0.2, 0.25) is 0 Å². The van der Waals surface area contributed by atoms with Crippen molar-refractivity contribution >= 4 is 35.0 Å². The third-order valence-corrected chi connectivity index (χ3v) is 15.2. The molecule has 6 heterocycles. The number of fused-ring (bicyclic) bond motifs is 3. The lowest BCUT2D eigenvalue weighted by atomic mass is 9.78. The molecule has 0 radical (unpaired) electrons. The fraction of sp³-hybridized carbons (Fsp3) is 0.250. The Labute approximate surface area is 503 Å². The van der Waals surface area contributed by atoms with E-state index in [2.05, 4.69) is 60.3 Å². The van der Waals surface area contributed by atoms with Crippen LogP contribution in [0.5, 0.6) is 0 Å². The maximum absolute atomic E-state index is 14.4. The normalized spacial score (nSPS) is 17.0. The average Bonchev–Trinajstić information content (AvgIpc) is 1.52. The van der Waals surface area contributed by atoms with Gasteiger partial charge >= 0.3 is 0 Å². The maximum atomic E-state index is 14.4. The van der Waals surface area contributed by atoms with Gasteiger partial charge in [0.15, 0.2) is 0 Å². The van der Waals surface area contributed by atoms with Gasteiger partial charge in [0.2, 0.25) is 35.7 Å². The van der Waals surface area contributed by atoms with Crippen LogP contribution in [0.4, 0.5) is 44.2 Å². The molecular weight excluding hydrogens is 1140 g/mol. The molecule has 18 nitrogen and oxygen atoms in total. The number of hydrogen-bond acceptors (Lipinski definition) is 18. The zero-order valence-electron chi connectivity index (χ0n) is 48.0. The van der Waals surface area contributed by atoms with Gasteiger partial charge in [0.25, 0.3) is 0 Å². The number of aryl methyl sites for hydroxylation is 3. The molecule has 3 aliphatic carbocycles. The van der Waals surface area contributed by atoms with Gasteiger partial charge in [0.1, 0.15) is 38.8 Å². The van der Waals surface area contributed by atoms with E-state index in [1.807, 2.05) is 20.8 Å². The molecule has 3 atom stereocenters. The van der Waals surface area contributed by atoms with E-state index in [1.165, 1.54) is 76.3 Å². The van der Waals surface area contributed by atoms with E-state index in [9.17, 15) is 26.3 Å². The largest absolute Gasteiger partial charge is 0.399 e. The summed E-state index contributed by atoms with van der Waals surface area (Å²) in [6, 6.07) is 22.8. The minimum Gasteiger partial charge on any atom is -0.399 e. The smallest absolute Gasteiger partial charge is 0.220 e. The molecule has 12 rings (SSSR count). The van der Waals surface area contributed by atoms with Crippen LogP contribution in [-0.4, -0.2) is 83.3 Å². The molecular formula is C64H61F6N15O3. The van der Waals surface area contributed by atoms with Crippen molar-refractivity contribution < 1.29 is 40.9 Å². The van der Waals surface area contributed by atoms with Gasteiger partial charge in [-0.2, -0.15) is 13.2 Å². The Kier molecular flexibility index (Phi) is 19.1. The summed E-state index contributed by atoms with van der Waals surface area (Å²) >= 11 is 0. The summed E-state index contributed by atoms with van der Waals surface area (Å²) < 4.78 is 85.3. The Bertz CT molecular complexity index is 3770. The van der Waals surface area contributed by atoms with Crippen LogP contribution < -0.4 is 17.2 Å². The first kappa shape index (κ1) is 62.3. The van der Waals surface area contributed by atoms with Crippen LogP contribution in [0.15, 0.2) is 125 Å². The zero-order chi connectivity index (χ0) is 61.6. The molecule has 452 valence electrons. The number of oxime groups is 3. The van der Waals surface area contributed by atoms with Crippen molar-refractivity contribution in [3.63, 3.8) is 0 Å². The monoisotopic (exact) mass is 1200 g/mol. The zero-order valence-corrected chi connectivity index (χ0v) is 48.0. The van der Waals surface area contributed by atoms with Crippen molar-refractivity contribution in [1.29, 1.82) is 0 Å². The molecule has 3 aliphatic rings. The van der Waals surface area contributed by atoms with Crippen molar-refractivity contribution in [3.05, 3.63) is 212 Å². The van der Waals surface area contributed by atoms with E-state index < -0.39 is 35.3 Å². The second kappa shape index (κ2) is 27.0. The second-order valence-electron chi connectivity index (χ2n) is 20.7. The van der Waals surface area contributed by atoms with Crippen LogP contribution in [0.1, 0.15) is 112 Å². The van der Waals surface area contributed by atoms with Gasteiger partial charge in [0, 0.05) is 71.2 Å². The number of hydrogen-bond donors (Lipinski definition) is 3. The molecule has 0 saturated heterocycles. The van der Waals surface area contributed by atoms with Gasteiger partial charge in [0.05, 0.1) is 51.3 Å². The minimum atomic E-state index is -0.649. The molecule has 0 aliphatic heterocycles. The Morgan fingerprint density at radius 2 is 0.659 bits per heavy atom. The molecule has 1 unspecified atom stereocenters. The van der Waals surface area contributed by atoms with E-state index in [1.54, 1.807) is 54.6 Å². The SMILES string of the molecule is C.CO/N=C1\CC(c2ccc(F)cc2-c2cccnc2F)Cc2nc(N)nc(C)c21.CO/N=C1\C[C@@H](c2ccc(F)cc2-c2cccnc2F)Cc2nc(N)nc(C)c21.CO/N=C1\C[C@H](c2ccc(F)cc2-c2cccnc2F)Cc2nc(N)nc(C)c21. The molecule has 6 N–H and O–H groups in total. The first-order chi connectivity index (χ1) is 41.9. The van der Waals surface area contributed by atoms with Crippen molar-refractivity contribution in [2.45, 2.75) is 84.5 Å². The number of nitrogen functional groups attached to an aromatic ring is 3. The van der Waals surface area contributed by atoms with Gasteiger partial charge in [-0.15, -0.1) is 0 Å². The number of nitrogens with zero attached hydrogens (tertiary/aromatic N) is 12. The summed E-state index contributed by atoms with van der Waals surface area (Å²) in [4.78, 5) is 52.1. The van der Waals surface area contributed by atoms with Crippen LogP contribution in [0, 0.1) is 56.1 Å². The molecule has 0 amide bonds. The standard InChI is InChI=1S/3C21H19F2N5O.CH4/c3*1-11-19-17(27-21(24)26-11)8-12(9-18(19)28-29-2)14-6-5-13(22)10-16(14)15-4-3-7-25-20(15)23;/h3*3-7,10,12H,8-9H2,1-2H3,(H2,24,26,27);1H4/b3*28-18+;/t2*12-;;/m10../s1. The van der Waals surface area contributed by atoms with E-state index in [0.717, 1.165) is 67.5 Å². The third-order valence-electron chi connectivity index (χ3n) is 15.2. The Hall–Kier alpha value is -10.3. The number of aromatic nitrogens is 9. The van der Waals surface area contributed by atoms with E-state index >= 15 is 0 Å². The maximum Gasteiger partial charge on any atom is 0.220 e. The molecule has 0 spiro atoms. The summed E-state index contributed by atoms with van der Waals surface area (Å²) in [5, 5.41) is 12.5. The minimum absolute atomic E-state index is 0. The lowest BCUT2D eigenvalue weighted by molar-refractivity contribution is 0.212. The molecule has 24 heteroatoms. The van der Waals surface area contributed by atoms with Crippen molar-refractivity contribution in [2.24, 2.45) is 15.5 Å². The fourth-order valence-corrected chi connectivity index (χ4v) is 11.8. The van der Waals surface area contributed by atoms with Crippen molar-refractivity contribution in [3.8, 4) is 33.4 Å². The predicted molar refractivity (Wildman–Crippen MR) is 323 cm³/mol. The molecule has 88 heavy (non-hydrogen) atoms. The lowest BCUT2D eigenvalue weighted by Crippen LogP contribution is -2.24. The summed E-state index contributed by atoms with van der Waals surface area (Å²) in [5.41, 5.74) is 30.9. The Morgan fingerprint density at radius 3 is 0.909 bits per heavy atom. The quantitative estimate of drug-likeness (QED) is 0.0689. The van der Waals surface area contributed by atoms with Crippen molar-refractivity contribution in [2.75, 3.05) is 38.5 Å². The van der Waals surface area contributed by atoms with Crippen LogP contribution >= 0.6 is 0 Å². The summed E-state index contributed by atoms with van der Waals surface area (Å²) in [7, 11) is 4.41. The summed E-state index contributed by atoms with van der Waals surface area (Å²) in [5.74, 6) is -3.13. The Morgan fingerprint density at radius 1 is 0.386 bits per heavy atom. The molecule has 9 aromatic rings. The first-order valence-electron chi connectivity index (χ1n) is 27.3. The van der Waals surface area contributed by atoms with Crippen molar-refractivity contribution in [1.82, 2.24) is 44.9 Å². The topological polar surface area (TPSA) is 259 Å².